The van der Waals surface area contributed by atoms with E-state index in [1.165, 1.54) is 51.4 Å². The highest BCUT2D eigenvalue weighted by Crippen LogP contribution is 2.49. The van der Waals surface area contributed by atoms with E-state index in [4.69, 9.17) is 4.74 Å². The Morgan fingerprint density at radius 1 is 1.12 bits per heavy atom. The standard InChI is InChI=1S/C15H24O2/c1-12(2)14(16)17-13-8-7-11-15(13)9-5-3-4-6-10-15/h13H,1,3-11H2,2H3. The van der Waals surface area contributed by atoms with Crippen molar-refractivity contribution in [3.63, 3.8) is 0 Å². The van der Waals surface area contributed by atoms with Crippen molar-refractivity contribution in [1.82, 2.24) is 0 Å². The minimum atomic E-state index is -0.194. The number of hydrogen-bond donors (Lipinski definition) is 0. The third-order valence-corrected chi connectivity index (χ3v) is 4.52. The summed E-state index contributed by atoms with van der Waals surface area (Å²) in [4.78, 5) is 11.7. The first kappa shape index (κ1) is 12.7. The van der Waals surface area contributed by atoms with Crippen LogP contribution in [0, 0.1) is 5.41 Å². The van der Waals surface area contributed by atoms with Gasteiger partial charge in [0, 0.05) is 11.0 Å². The predicted octanol–water partition coefficient (Wildman–Crippen LogP) is 4.00. The van der Waals surface area contributed by atoms with Crippen LogP contribution in [0.25, 0.3) is 0 Å². The van der Waals surface area contributed by atoms with Crippen LogP contribution in [0.5, 0.6) is 0 Å². The van der Waals surface area contributed by atoms with Crippen molar-refractivity contribution in [3.8, 4) is 0 Å². The lowest BCUT2D eigenvalue weighted by Gasteiger charge is -2.34. The van der Waals surface area contributed by atoms with E-state index in [0.29, 0.717) is 11.0 Å². The predicted molar refractivity (Wildman–Crippen MR) is 68.7 cm³/mol. The van der Waals surface area contributed by atoms with Gasteiger partial charge in [-0.25, -0.2) is 4.79 Å². The maximum atomic E-state index is 11.7. The molecular weight excluding hydrogens is 212 g/mol. The van der Waals surface area contributed by atoms with E-state index in [1.807, 2.05) is 0 Å². The molecule has 0 heterocycles. The zero-order valence-corrected chi connectivity index (χ0v) is 11.0. The van der Waals surface area contributed by atoms with Gasteiger partial charge in [-0.3, -0.25) is 0 Å². The van der Waals surface area contributed by atoms with Gasteiger partial charge in [-0.2, -0.15) is 0 Å². The third kappa shape index (κ3) is 2.72. The Morgan fingerprint density at radius 2 is 1.71 bits per heavy atom. The maximum Gasteiger partial charge on any atom is 0.333 e. The van der Waals surface area contributed by atoms with Crippen LogP contribution in [0.3, 0.4) is 0 Å². The van der Waals surface area contributed by atoms with Gasteiger partial charge in [-0.05, 0) is 39.0 Å². The van der Waals surface area contributed by atoms with Gasteiger partial charge >= 0.3 is 5.97 Å². The molecule has 17 heavy (non-hydrogen) atoms. The Bertz CT molecular complexity index is 298. The fourth-order valence-corrected chi connectivity index (χ4v) is 3.53. The molecule has 0 aromatic heterocycles. The molecule has 0 aromatic rings. The summed E-state index contributed by atoms with van der Waals surface area (Å²) >= 11 is 0. The number of carbonyl (C=O) groups is 1. The number of carbonyl (C=O) groups excluding carboxylic acids is 1. The molecule has 0 saturated heterocycles. The van der Waals surface area contributed by atoms with Crippen molar-refractivity contribution in [2.75, 3.05) is 0 Å². The monoisotopic (exact) mass is 236 g/mol. The molecule has 1 spiro atoms. The summed E-state index contributed by atoms with van der Waals surface area (Å²) < 4.78 is 5.68. The molecule has 0 bridgehead atoms. The largest absolute Gasteiger partial charge is 0.458 e. The second kappa shape index (κ2) is 5.24. The van der Waals surface area contributed by atoms with Gasteiger partial charge < -0.3 is 4.74 Å². The summed E-state index contributed by atoms with van der Waals surface area (Å²) in [5.41, 5.74) is 0.836. The molecule has 2 aliphatic rings. The molecule has 2 saturated carbocycles. The molecule has 1 atom stereocenters. The van der Waals surface area contributed by atoms with E-state index in [2.05, 4.69) is 6.58 Å². The van der Waals surface area contributed by atoms with Crippen LogP contribution < -0.4 is 0 Å². The molecule has 2 aliphatic carbocycles. The Hall–Kier alpha value is -0.790. The zero-order chi connectivity index (χ0) is 12.3. The molecule has 2 nitrogen and oxygen atoms in total. The van der Waals surface area contributed by atoms with Gasteiger partial charge in [0.2, 0.25) is 0 Å². The topological polar surface area (TPSA) is 26.3 Å². The Balaban J connectivity index is 2.04. The van der Waals surface area contributed by atoms with Gasteiger partial charge in [0.1, 0.15) is 6.10 Å². The lowest BCUT2D eigenvalue weighted by Crippen LogP contribution is -2.33. The first-order chi connectivity index (χ1) is 8.14. The van der Waals surface area contributed by atoms with E-state index in [9.17, 15) is 4.79 Å². The van der Waals surface area contributed by atoms with E-state index in [1.54, 1.807) is 6.92 Å². The molecule has 0 aromatic carbocycles. The summed E-state index contributed by atoms with van der Waals surface area (Å²) in [5, 5.41) is 0. The van der Waals surface area contributed by atoms with Gasteiger partial charge in [0.25, 0.3) is 0 Å². The van der Waals surface area contributed by atoms with E-state index in [-0.39, 0.29) is 12.1 Å². The van der Waals surface area contributed by atoms with Gasteiger partial charge in [-0.1, -0.05) is 32.3 Å². The van der Waals surface area contributed by atoms with Crippen molar-refractivity contribution in [1.29, 1.82) is 0 Å². The van der Waals surface area contributed by atoms with Crippen LogP contribution in [0.4, 0.5) is 0 Å². The quantitative estimate of drug-likeness (QED) is 0.535. The SMILES string of the molecule is C=C(C)C(=O)OC1CCCC12CCCCCC2. The van der Waals surface area contributed by atoms with Crippen LogP contribution in [0.15, 0.2) is 12.2 Å². The highest BCUT2D eigenvalue weighted by Gasteiger charge is 2.44. The fourth-order valence-electron chi connectivity index (χ4n) is 3.53. The van der Waals surface area contributed by atoms with Crippen LogP contribution in [0.1, 0.15) is 64.7 Å². The van der Waals surface area contributed by atoms with Crippen molar-refractivity contribution < 1.29 is 9.53 Å². The second-order valence-electron chi connectivity index (χ2n) is 5.84. The first-order valence-corrected chi connectivity index (χ1v) is 7.01. The van der Waals surface area contributed by atoms with Gasteiger partial charge in [0.05, 0.1) is 0 Å². The number of hydrogen-bond acceptors (Lipinski definition) is 2. The van der Waals surface area contributed by atoms with Crippen LogP contribution in [0.2, 0.25) is 0 Å². The Morgan fingerprint density at radius 3 is 2.29 bits per heavy atom. The molecule has 96 valence electrons. The summed E-state index contributed by atoms with van der Waals surface area (Å²) in [6.45, 7) is 5.41. The molecule has 0 aliphatic heterocycles. The molecule has 0 N–H and O–H groups in total. The van der Waals surface area contributed by atoms with Crippen molar-refractivity contribution in [3.05, 3.63) is 12.2 Å². The van der Waals surface area contributed by atoms with E-state index in [0.717, 1.165) is 6.42 Å². The number of rotatable bonds is 2. The number of ether oxygens (including phenoxy) is 1. The molecule has 0 radical (unpaired) electrons. The van der Waals surface area contributed by atoms with Crippen molar-refractivity contribution in [2.24, 2.45) is 5.41 Å². The molecule has 2 rings (SSSR count). The Labute approximate surface area is 104 Å². The zero-order valence-electron chi connectivity index (χ0n) is 11.0. The van der Waals surface area contributed by atoms with Gasteiger partial charge in [0.15, 0.2) is 0 Å². The molecule has 1 unspecified atom stereocenters. The maximum absolute atomic E-state index is 11.7. The summed E-state index contributed by atoms with van der Waals surface area (Å²) in [6, 6.07) is 0. The van der Waals surface area contributed by atoms with E-state index >= 15 is 0 Å². The van der Waals surface area contributed by atoms with Crippen molar-refractivity contribution >= 4 is 5.97 Å². The minimum Gasteiger partial charge on any atom is -0.458 e. The lowest BCUT2D eigenvalue weighted by molar-refractivity contribution is -0.150. The van der Waals surface area contributed by atoms with Crippen molar-refractivity contribution in [2.45, 2.75) is 70.8 Å². The summed E-state index contributed by atoms with van der Waals surface area (Å²) in [6.07, 6.45) is 11.5. The average Bonchev–Trinajstić information content (AvgIpc) is 2.52. The summed E-state index contributed by atoms with van der Waals surface area (Å²) in [5.74, 6) is -0.194. The average molecular weight is 236 g/mol. The Kier molecular flexibility index (Phi) is 3.90. The van der Waals surface area contributed by atoms with Crippen LogP contribution >= 0.6 is 0 Å². The molecule has 2 heteroatoms. The highest BCUT2D eigenvalue weighted by atomic mass is 16.5. The minimum absolute atomic E-state index is 0.157. The lowest BCUT2D eigenvalue weighted by atomic mass is 9.77. The number of esters is 1. The first-order valence-electron chi connectivity index (χ1n) is 7.01. The fraction of sp³-hybridized carbons (Fsp3) is 0.800. The molecule has 2 fully saturated rings. The van der Waals surface area contributed by atoms with Gasteiger partial charge in [-0.15, -0.1) is 0 Å². The molecule has 0 amide bonds. The normalized spacial score (nSPS) is 27.7. The third-order valence-electron chi connectivity index (χ3n) is 4.52. The smallest absolute Gasteiger partial charge is 0.333 e. The highest BCUT2D eigenvalue weighted by molar-refractivity contribution is 5.87. The molecular formula is C15H24O2. The van der Waals surface area contributed by atoms with E-state index < -0.39 is 0 Å². The second-order valence-corrected chi connectivity index (χ2v) is 5.84. The van der Waals surface area contributed by atoms with Crippen LogP contribution in [-0.2, 0) is 9.53 Å². The summed E-state index contributed by atoms with van der Waals surface area (Å²) in [7, 11) is 0. The van der Waals surface area contributed by atoms with Crippen LogP contribution in [-0.4, -0.2) is 12.1 Å².